The SMILES string of the molecule is C=O.C=O.II.[Fe]. The molecule has 0 heterocycles. The van der Waals surface area contributed by atoms with Crippen LogP contribution in [0, 0.1) is 0 Å². The Balaban J connectivity index is -0.00000000900. The first-order chi connectivity index (χ1) is 3.00. The van der Waals surface area contributed by atoms with Crippen molar-refractivity contribution in [2.24, 2.45) is 0 Å². The van der Waals surface area contributed by atoms with Gasteiger partial charge in [-0.15, -0.1) is 0 Å². The van der Waals surface area contributed by atoms with E-state index in [0.29, 0.717) is 0 Å². The molecule has 0 N–H and O–H groups in total. The van der Waals surface area contributed by atoms with E-state index in [1.807, 2.05) is 13.6 Å². The molecule has 0 unspecified atom stereocenters. The van der Waals surface area contributed by atoms with Gasteiger partial charge in [0, 0.05) is 54.3 Å². The molecule has 0 saturated carbocycles. The van der Waals surface area contributed by atoms with Crippen LogP contribution in [-0.4, -0.2) is 13.6 Å². The average Bonchev–Trinajstić information content (AvgIpc) is 1.81. The Kier molecular flexibility index (Phi) is 573. The van der Waals surface area contributed by atoms with Crippen molar-refractivity contribution in [2.45, 2.75) is 0 Å². The van der Waals surface area contributed by atoms with E-state index in [1.54, 1.807) is 0 Å². The monoisotopic (exact) mass is 370 g/mol. The van der Waals surface area contributed by atoms with E-state index in [2.05, 4.69) is 37.2 Å². The van der Waals surface area contributed by atoms with Gasteiger partial charge in [0.1, 0.15) is 13.6 Å². The Labute approximate surface area is 76.6 Å². The summed E-state index contributed by atoms with van der Waals surface area (Å²) in [4.78, 5) is 16.0. The van der Waals surface area contributed by atoms with Gasteiger partial charge >= 0.3 is 0 Å². The predicted octanol–water partition coefficient (Wildman–Crippen LogP) is 1.40. The van der Waals surface area contributed by atoms with Gasteiger partial charge in [-0.1, -0.05) is 0 Å². The van der Waals surface area contributed by atoms with Crippen LogP contribution >= 0.6 is 37.2 Å². The second-order valence-corrected chi connectivity index (χ2v) is 0. The summed E-state index contributed by atoms with van der Waals surface area (Å²) >= 11 is 4.24. The molecule has 2 nitrogen and oxygen atoms in total. The number of rotatable bonds is 0. The summed E-state index contributed by atoms with van der Waals surface area (Å²) in [7, 11) is 0. The molecular weight excluding hydrogens is 366 g/mol. The van der Waals surface area contributed by atoms with E-state index < -0.39 is 0 Å². The van der Waals surface area contributed by atoms with Crippen LogP contribution in [0.3, 0.4) is 0 Å². The van der Waals surface area contributed by atoms with Gasteiger partial charge in [-0.25, -0.2) is 0 Å². The zero-order valence-corrected chi connectivity index (χ0v) is 8.76. The Bertz CT molecular complexity index is 15.7. The first-order valence-electron chi connectivity index (χ1n) is 0.720. The maximum Gasteiger partial charge on any atom is 0.106 e. The fourth-order valence-electron chi connectivity index (χ4n) is 0. The minimum atomic E-state index is 0. The molecule has 0 amide bonds. The molecule has 0 atom stereocenters. The van der Waals surface area contributed by atoms with Crippen LogP contribution in [0.4, 0.5) is 0 Å². The topological polar surface area (TPSA) is 34.1 Å². The third kappa shape index (κ3) is 119. The van der Waals surface area contributed by atoms with Crippen LogP contribution in [0.1, 0.15) is 0 Å². The second kappa shape index (κ2) is 168. The number of hydrogen-bond acceptors (Lipinski definition) is 2. The molecule has 0 radical (unpaired) electrons. The fraction of sp³-hybridized carbons (Fsp3) is 0. The molecule has 0 aliphatic heterocycles. The molecule has 46 valence electrons. The average molecular weight is 370 g/mol. The van der Waals surface area contributed by atoms with Crippen LogP contribution in [0.5, 0.6) is 0 Å². The normalized spacial score (nSPS) is 2.00. The first kappa shape index (κ1) is 23.9. The van der Waals surface area contributed by atoms with E-state index in [1.165, 1.54) is 0 Å². The van der Waals surface area contributed by atoms with Crippen LogP contribution in [0.25, 0.3) is 0 Å². The summed E-state index contributed by atoms with van der Waals surface area (Å²) in [6.07, 6.45) is 0. The molecule has 0 aliphatic carbocycles. The van der Waals surface area contributed by atoms with Gasteiger partial charge in [0.05, 0.1) is 0 Å². The molecule has 0 fully saturated rings. The number of carbonyl (C=O) groups excluding carboxylic acids is 2. The van der Waals surface area contributed by atoms with Crippen LogP contribution < -0.4 is 0 Å². The van der Waals surface area contributed by atoms with E-state index in [0.717, 1.165) is 0 Å². The zero-order chi connectivity index (χ0) is 6.00. The largest absolute Gasteiger partial charge is 0.307 e. The van der Waals surface area contributed by atoms with Gasteiger partial charge in [-0.2, -0.15) is 0 Å². The summed E-state index contributed by atoms with van der Waals surface area (Å²) in [5.41, 5.74) is 0. The molecule has 0 aromatic rings. The van der Waals surface area contributed by atoms with Crippen LogP contribution in [0.2, 0.25) is 0 Å². The quantitative estimate of drug-likeness (QED) is 0.478. The fourth-order valence-corrected chi connectivity index (χ4v) is 0. The van der Waals surface area contributed by atoms with E-state index >= 15 is 0 Å². The summed E-state index contributed by atoms with van der Waals surface area (Å²) in [5, 5.41) is 0. The number of halogens is 2. The van der Waals surface area contributed by atoms with Crippen molar-refractivity contribution in [3.05, 3.63) is 0 Å². The predicted molar refractivity (Wildman–Crippen MR) is 42.3 cm³/mol. The van der Waals surface area contributed by atoms with Gasteiger partial charge < -0.3 is 9.59 Å². The van der Waals surface area contributed by atoms with E-state index in [4.69, 9.17) is 9.59 Å². The van der Waals surface area contributed by atoms with Crippen molar-refractivity contribution in [3.8, 4) is 0 Å². The zero-order valence-electron chi connectivity index (χ0n) is 3.34. The van der Waals surface area contributed by atoms with Crippen molar-refractivity contribution in [1.29, 1.82) is 0 Å². The Morgan fingerprint density at radius 2 is 0.857 bits per heavy atom. The van der Waals surface area contributed by atoms with Crippen LogP contribution in [-0.2, 0) is 26.7 Å². The van der Waals surface area contributed by atoms with Gasteiger partial charge in [-0.05, 0) is 0 Å². The molecule has 0 aliphatic rings. The van der Waals surface area contributed by atoms with Crippen molar-refractivity contribution < 1.29 is 26.7 Å². The summed E-state index contributed by atoms with van der Waals surface area (Å²) in [6.45, 7) is 4.00. The van der Waals surface area contributed by atoms with Gasteiger partial charge in [0.15, 0.2) is 0 Å². The molecule has 0 aromatic heterocycles. The molecular formula is C2H4FeI2O2. The van der Waals surface area contributed by atoms with Crippen molar-refractivity contribution in [2.75, 3.05) is 0 Å². The third-order valence-corrected chi connectivity index (χ3v) is 0. The number of hydrogen-bond donors (Lipinski definition) is 0. The molecule has 0 saturated heterocycles. The summed E-state index contributed by atoms with van der Waals surface area (Å²) < 4.78 is 0. The molecule has 0 spiro atoms. The standard InChI is InChI=1S/2CH2O.Fe.I2/c2*1-2;;1-2/h2*1H2;;. The van der Waals surface area contributed by atoms with Crippen molar-refractivity contribution in [1.82, 2.24) is 0 Å². The van der Waals surface area contributed by atoms with Gasteiger partial charge in [0.25, 0.3) is 0 Å². The Hall–Kier alpha value is 1.32. The number of carbonyl (C=O) groups is 2. The summed E-state index contributed by atoms with van der Waals surface area (Å²) in [5.74, 6) is 0. The molecule has 0 bridgehead atoms. The molecule has 5 heteroatoms. The third-order valence-electron chi connectivity index (χ3n) is 0. The van der Waals surface area contributed by atoms with Crippen molar-refractivity contribution in [3.63, 3.8) is 0 Å². The smallest absolute Gasteiger partial charge is 0.106 e. The van der Waals surface area contributed by atoms with E-state index in [9.17, 15) is 0 Å². The minimum Gasteiger partial charge on any atom is -0.307 e. The van der Waals surface area contributed by atoms with Crippen LogP contribution in [0.15, 0.2) is 0 Å². The first-order valence-corrected chi connectivity index (χ1v) is 7.01. The van der Waals surface area contributed by atoms with E-state index in [-0.39, 0.29) is 17.1 Å². The second-order valence-electron chi connectivity index (χ2n) is 0. The maximum absolute atomic E-state index is 8.00. The molecule has 7 heavy (non-hydrogen) atoms. The molecule has 0 rings (SSSR count). The van der Waals surface area contributed by atoms with Gasteiger partial charge in [0.2, 0.25) is 0 Å². The molecule has 0 aromatic carbocycles. The minimum absolute atomic E-state index is 0. The Morgan fingerprint density at radius 3 is 0.857 bits per heavy atom. The Morgan fingerprint density at radius 1 is 0.857 bits per heavy atom. The van der Waals surface area contributed by atoms with Crippen molar-refractivity contribution >= 4 is 50.8 Å². The van der Waals surface area contributed by atoms with Gasteiger partial charge in [-0.3, -0.25) is 0 Å². The summed E-state index contributed by atoms with van der Waals surface area (Å²) in [6, 6.07) is 0. The maximum atomic E-state index is 8.00.